The summed E-state index contributed by atoms with van der Waals surface area (Å²) in [5.41, 5.74) is 6.46. The highest BCUT2D eigenvalue weighted by molar-refractivity contribution is 8.01. The Bertz CT molecular complexity index is 2110. The number of benzene rings is 5. The number of para-hydroxylation sites is 1. The zero-order chi connectivity index (χ0) is 36.6. The number of aliphatic hydroxyl groups excluding tert-OH is 1. The van der Waals surface area contributed by atoms with Gasteiger partial charge in [0.2, 0.25) is 0 Å². The zero-order valence-electron chi connectivity index (χ0n) is 29.3. The van der Waals surface area contributed by atoms with Crippen LogP contribution < -0.4 is 15.4 Å². The van der Waals surface area contributed by atoms with Crippen molar-refractivity contribution in [2.75, 3.05) is 11.1 Å². The summed E-state index contributed by atoms with van der Waals surface area (Å²) < 4.78 is 20.2. The van der Waals surface area contributed by atoms with Gasteiger partial charge in [-0.25, -0.2) is 4.79 Å². The summed E-state index contributed by atoms with van der Waals surface area (Å²) in [7, 11) is 0. The van der Waals surface area contributed by atoms with E-state index in [2.05, 4.69) is 52.0 Å². The summed E-state index contributed by atoms with van der Waals surface area (Å²) in [6, 6.07) is 40.8. The number of hydrogen-bond donors (Lipinski definition) is 3. The van der Waals surface area contributed by atoms with Crippen molar-refractivity contribution in [3.63, 3.8) is 0 Å². The molecule has 3 N–H and O–H groups in total. The van der Waals surface area contributed by atoms with Gasteiger partial charge in [0.1, 0.15) is 16.5 Å². The van der Waals surface area contributed by atoms with Crippen LogP contribution in [-0.4, -0.2) is 33.2 Å². The third kappa shape index (κ3) is 9.50. The van der Waals surface area contributed by atoms with Crippen LogP contribution in [0.5, 0.6) is 11.5 Å². The summed E-state index contributed by atoms with van der Waals surface area (Å²) in [6.07, 6.45) is -0.925. The van der Waals surface area contributed by atoms with E-state index in [0.717, 1.165) is 48.5 Å². The number of rotatable bonds is 12. The molecule has 7 rings (SSSR count). The first-order valence-electron chi connectivity index (χ1n) is 17.4. The number of anilines is 1. The lowest BCUT2D eigenvalue weighted by molar-refractivity contribution is -0.268. The number of aliphatic hydroxyl groups is 1. The van der Waals surface area contributed by atoms with Crippen LogP contribution in [0.25, 0.3) is 11.1 Å². The van der Waals surface area contributed by atoms with Gasteiger partial charge in [-0.05, 0) is 83.3 Å². The predicted octanol–water partition coefficient (Wildman–Crippen LogP) is 9.70. The fraction of sp³-hybridized carbons (Fsp3) is 0.214. The van der Waals surface area contributed by atoms with Gasteiger partial charge in [-0.2, -0.15) is 0 Å². The van der Waals surface area contributed by atoms with E-state index < -0.39 is 6.29 Å². The van der Waals surface area contributed by atoms with Crippen molar-refractivity contribution in [2.24, 2.45) is 5.92 Å². The standard InChI is InChI=1S/C42H40N4O5S2/c1-27-38(26-52-42-46-45-28(2)53-42)50-40(51-39(27)31-16-14-29(25-47)15-17-31)34-11-7-10-33(23-34)32-9-6-8-30(22-32)24-43-41(48)44-35-18-20-37(21-19-35)49-36-12-4-3-5-13-36/h3-23,27,38-40,47H,24-26H2,1-2H3,(H2,43,44,48)/t27-,38+,39+,40+/m0/s1. The molecule has 0 aliphatic carbocycles. The van der Waals surface area contributed by atoms with Crippen LogP contribution in [0, 0.1) is 12.8 Å². The molecule has 9 nitrogen and oxygen atoms in total. The maximum Gasteiger partial charge on any atom is 0.319 e. The minimum atomic E-state index is -0.595. The number of carbonyl (C=O) groups is 1. The van der Waals surface area contributed by atoms with Crippen molar-refractivity contribution in [1.29, 1.82) is 0 Å². The predicted molar refractivity (Wildman–Crippen MR) is 209 cm³/mol. The van der Waals surface area contributed by atoms with Gasteiger partial charge in [-0.3, -0.25) is 0 Å². The normalized spacial score (nSPS) is 18.3. The highest BCUT2D eigenvalue weighted by atomic mass is 32.2. The Morgan fingerprint density at radius 3 is 2.28 bits per heavy atom. The lowest BCUT2D eigenvalue weighted by Gasteiger charge is -2.41. The van der Waals surface area contributed by atoms with E-state index in [9.17, 15) is 9.90 Å². The van der Waals surface area contributed by atoms with E-state index in [1.165, 1.54) is 0 Å². The second-order valence-electron chi connectivity index (χ2n) is 12.8. The molecule has 0 bridgehead atoms. The van der Waals surface area contributed by atoms with Gasteiger partial charge in [0, 0.05) is 29.5 Å². The lowest BCUT2D eigenvalue weighted by atomic mass is 9.91. The first-order chi connectivity index (χ1) is 25.9. The number of carbonyl (C=O) groups excluding carboxylic acids is 1. The van der Waals surface area contributed by atoms with Gasteiger partial charge < -0.3 is 30.0 Å². The maximum absolute atomic E-state index is 12.8. The van der Waals surface area contributed by atoms with Crippen molar-refractivity contribution in [2.45, 2.75) is 49.8 Å². The molecule has 1 aliphatic rings. The van der Waals surface area contributed by atoms with Crippen molar-refractivity contribution in [3.05, 3.63) is 155 Å². The largest absolute Gasteiger partial charge is 0.457 e. The molecule has 6 aromatic rings. The molecule has 1 saturated heterocycles. The molecule has 0 unspecified atom stereocenters. The van der Waals surface area contributed by atoms with E-state index in [1.807, 2.05) is 97.9 Å². The molecule has 0 radical (unpaired) electrons. The minimum absolute atomic E-state index is 0.00857. The summed E-state index contributed by atoms with van der Waals surface area (Å²) in [5.74, 6) is 2.20. The summed E-state index contributed by atoms with van der Waals surface area (Å²) in [4.78, 5) is 12.8. The van der Waals surface area contributed by atoms with Crippen molar-refractivity contribution >= 4 is 34.8 Å². The fourth-order valence-corrected chi connectivity index (χ4v) is 8.12. The quantitative estimate of drug-likeness (QED) is 0.106. The summed E-state index contributed by atoms with van der Waals surface area (Å²) >= 11 is 3.23. The Morgan fingerprint density at radius 2 is 1.55 bits per heavy atom. The van der Waals surface area contributed by atoms with Crippen molar-refractivity contribution in [1.82, 2.24) is 15.5 Å². The van der Waals surface area contributed by atoms with Gasteiger partial charge in [0.15, 0.2) is 10.6 Å². The minimum Gasteiger partial charge on any atom is -0.457 e. The molecule has 1 aromatic heterocycles. The Kier molecular flexibility index (Phi) is 11.8. The number of aryl methyl sites for hydroxylation is 1. The first kappa shape index (κ1) is 36.3. The van der Waals surface area contributed by atoms with Crippen LogP contribution in [0.15, 0.2) is 132 Å². The smallest absolute Gasteiger partial charge is 0.319 e. The average Bonchev–Trinajstić information content (AvgIpc) is 3.62. The fourth-order valence-electron chi connectivity index (χ4n) is 6.11. The highest BCUT2D eigenvalue weighted by Crippen LogP contribution is 2.43. The number of urea groups is 1. The van der Waals surface area contributed by atoms with Gasteiger partial charge in [0.25, 0.3) is 0 Å². The maximum atomic E-state index is 12.8. The van der Waals surface area contributed by atoms with E-state index in [1.54, 1.807) is 35.2 Å². The third-order valence-electron chi connectivity index (χ3n) is 8.97. The van der Waals surface area contributed by atoms with Crippen LogP contribution in [0.1, 0.15) is 46.6 Å². The number of thioether (sulfide) groups is 1. The molecule has 1 aliphatic heterocycles. The second kappa shape index (κ2) is 17.2. The molecule has 4 atom stereocenters. The van der Waals surface area contributed by atoms with E-state index in [4.69, 9.17) is 14.2 Å². The number of aromatic nitrogens is 2. The van der Waals surface area contributed by atoms with Crippen LogP contribution >= 0.6 is 23.1 Å². The monoisotopic (exact) mass is 744 g/mol. The van der Waals surface area contributed by atoms with Crippen molar-refractivity contribution in [3.8, 4) is 22.6 Å². The first-order valence-corrected chi connectivity index (χ1v) is 19.2. The third-order valence-corrected chi connectivity index (χ3v) is 11.0. The number of ether oxygens (including phenoxy) is 3. The van der Waals surface area contributed by atoms with Crippen LogP contribution in [-0.2, 0) is 22.6 Å². The molecule has 5 aromatic carbocycles. The van der Waals surface area contributed by atoms with Crippen molar-refractivity contribution < 1.29 is 24.1 Å². The van der Waals surface area contributed by atoms with E-state index >= 15 is 0 Å². The Morgan fingerprint density at radius 1 is 0.811 bits per heavy atom. The van der Waals surface area contributed by atoms with E-state index in [0.29, 0.717) is 23.7 Å². The number of nitrogens with one attached hydrogen (secondary N) is 2. The van der Waals surface area contributed by atoms with Crippen LogP contribution in [0.2, 0.25) is 0 Å². The molecule has 2 heterocycles. The lowest BCUT2D eigenvalue weighted by Crippen LogP contribution is -2.38. The number of amides is 2. The molecule has 53 heavy (non-hydrogen) atoms. The molecule has 0 spiro atoms. The molecular formula is C42H40N4O5S2. The molecular weight excluding hydrogens is 705 g/mol. The van der Waals surface area contributed by atoms with Gasteiger partial charge in [-0.1, -0.05) is 109 Å². The molecule has 1 fully saturated rings. The van der Waals surface area contributed by atoms with Gasteiger partial charge >= 0.3 is 6.03 Å². The zero-order valence-corrected chi connectivity index (χ0v) is 31.0. The van der Waals surface area contributed by atoms with Gasteiger partial charge in [0.05, 0.1) is 18.8 Å². The number of nitrogens with zero attached hydrogens (tertiary/aromatic N) is 2. The SMILES string of the molecule is Cc1nnc(SC[C@H]2O[C@@H](c3cccc(-c4cccc(CNC(=O)Nc5ccc(Oc6ccccc6)cc5)c4)c3)O[C@@H](c3ccc(CO)cc3)[C@H]2C)s1. The summed E-state index contributed by atoms with van der Waals surface area (Å²) in [5, 5.41) is 24.9. The van der Waals surface area contributed by atoms with Crippen LogP contribution in [0.3, 0.4) is 0 Å². The Balaban J connectivity index is 1.01. The number of hydrogen-bond acceptors (Lipinski definition) is 9. The average molecular weight is 745 g/mol. The molecule has 270 valence electrons. The Hall–Kier alpha value is -5.04. The van der Waals surface area contributed by atoms with Gasteiger partial charge in [-0.15, -0.1) is 10.2 Å². The molecule has 2 amide bonds. The second-order valence-corrected chi connectivity index (χ2v) is 15.2. The summed E-state index contributed by atoms with van der Waals surface area (Å²) in [6.45, 7) is 4.46. The highest BCUT2D eigenvalue weighted by Gasteiger charge is 2.38. The topological polar surface area (TPSA) is 115 Å². The molecule has 11 heteroatoms. The van der Waals surface area contributed by atoms with Crippen LogP contribution in [0.4, 0.5) is 10.5 Å². The molecule has 0 saturated carbocycles. The van der Waals surface area contributed by atoms with E-state index in [-0.39, 0.29) is 30.8 Å². The Labute approximate surface area is 317 Å².